The Balaban J connectivity index is 2.11. The number of carbonyl (C=O) groups excluding carboxylic acids is 1. The van der Waals surface area contributed by atoms with Crippen LogP contribution in [0, 0.1) is 10.1 Å². The molecule has 0 saturated carbocycles. The number of hydrogen-bond donors (Lipinski definition) is 0. The Hall–Kier alpha value is -2.42. The van der Waals surface area contributed by atoms with Crippen LogP contribution < -0.4 is 9.47 Å². The number of nitro benzene ring substituents is 1. The van der Waals surface area contributed by atoms with Crippen molar-refractivity contribution in [2.45, 2.75) is 0 Å². The molecule has 3 aromatic carbocycles. The summed E-state index contributed by atoms with van der Waals surface area (Å²) in [4.78, 5) is 22.1. The maximum Gasteiger partial charge on any atom is 0.271 e. The third-order valence-corrected chi connectivity index (χ3v) is 5.42. The summed E-state index contributed by atoms with van der Waals surface area (Å²) in [7, 11) is 1.48. The van der Waals surface area contributed by atoms with E-state index in [-0.39, 0.29) is 5.69 Å². The first-order valence-corrected chi connectivity index (χ1v) is 10.0. The second-order valence-electron chi connectivity index (χ2n) is 5.82. The van der Waals surface area contributed by atoms with E-state index in [1.165, 1.54) is 25.3 Å². The zero-order valence-electron chi connectivity index (χ0n) is 14.8. The lowest BCUT2D eigenvalue weighted by Gasteiger charge is -2.15. The quantitative estimate of drug-likeness (QED) is 0.190. The van der Waals surface area contributed by atoms with Crippen LogP contribution in [0.15, 0.2) is 57.5 Å². The van der Waals surface area contributed by atoms with Gasteiger partial charge in [0.1, 0.15) is 11.5 Å². The van der Waals surface area contributed by atoms with Gasteiger partial charge in [-0.1, -0.05) is 23.7 Å². The minimum atomic E-state index is -0.504. The molecule has 6 nitrogen and oxygen atoms in total. The average Bonchev–Trinajstić information content (AvgIpc) is 2.70. The highest BCUT2D eigenvalue weighted by atomic mass is 79.9. The Morgan fingerprint density at radius 2 is 1.66 bits per heavy atom. The Kier molecular flexibility index (Phi) is 6.56. The molecule has 148 valence electrons. The molecule has 0 saturated heterocycles. The molecule has 0 aromatic heterocycles. The van der Waals surface area contributed by atoms with E-state index in [1.807, 2.05) is 0 Å². The summed E-state index contributed by atoms with van der Waals surface area (Å²) < 4.78 is 12.1. The third-order valence-electron chi connectivity index (χ3n) is 3.99. The monoisotopic (exact) mass is 539 g/mol. The van der Waals surface area contributed by atoms with E-state index >= 15 is 0 Å². The molecular formula is C20H12Br2ClNO5. The molecule has 0 atom stereocenters. The summed E-state index contributed by atoms with van der Waals surface area (Å²) in [6.07, 6.45) is 0.672. The lowest BCUT2D eigenvalue weighted by molar-refractivity contribution is -0.385. The Bertz CT molecular complexity index is 1080. The zero-order valence-corrected chi connectivity index (χ0v) is 18.7. The first-order chi connectivity index (χ1) is 13.8. The van der Waals surface area contributed by atoms with Crippen molar-refractivity contribution in [1.82, 2.24) is 0 Å². The van der Waals surface area contributed by atoms with Gasteiger partial charge in [-0.2, -0.15) is 0 Å². The van der Waals surface area contributed by atoms with Crippen molar-refractivity contribution in [3.63, 3.8) is 0 Å². The molecule has 0 spiro atoms. The molecule has 0 radical (unpaired) electrons. The van der Waals surface area contributed by atoms with E-state index < -0.39 is 4.92 Å². The highest BCUT2D eigenvalue weighted by Crippen LogP contribution is 2.43. The van der Waals surface area contributed by atoms with E-state index in [0.717, 1.165) is 5.56 Å². The minimum absolute atomic E-state index is 0.0961. The number of methoxy groups -OCH3 is 1. The molecule has 0 aliphatic heterocycles. The van der Waals surface area contributed by atoms with Gasteiger partial charge in [0.2, 0.25) is 0 Å². The number of halogens is 3. The van der Waals surface area contributed by atoms with Gasteiger partial charge >= 0.3 is 0 Å². The van der Waals surface area contributed by atoms with Crippen LogP contribution in [0.3, 0.4) is 0 Å². The molecule has 29 heavy (non-hydrogen) atoms. The van der Waals surface area contributed by atoms with Crippen LogP contribution in [-0.2, 0) is 0 Å². The molecule has 0 aliphatic carbocycles. The van der Waals surface area contributed by atoms with Crippen molar-refractivity contribution in [2.24, 2.45) is 0 Å². The van der Waals surface area contributed by atoms with Crippen LogP contribution in [0.1, 0.15) is 10.4 Å². The molecular weight excluding hydrogens is 529 g/mol. The number of non-ortho nitro benzene ring substituents is 1. The fraction of sp³-hybridized carbons (Fsp3) is 0.0500. The summed E-state index contributed by atoms with van der Waals surface area (Å²) >= 11 is 12.6. The average molecular weight is 542 g/mol. The summed E-state index contributed by atoms with van der Waals surface area (Å²) in [6.45, 7) is 0. The molecule has 0 amide bonds. The number of rotatable bonds is 6. The highest BCUT2D eigenvalue weighted by molar-refractivity contribution is 9.11. The van der Waals surface area contributed by atoms with Crippen LogP contribution in [0.25, 0.3) is 11.1 Å². The minimum Gasteiger partial charge on any atom is -0.495 e. The molecule has 9 heteroatoms. The van der Waals surface area contributed by atoms with Gasteiger partial charge in [0.15, 0.2) is 12.0 Å². The highest BCUT2D eigenvalue weighted by Gasteiger charge is 2.19. The second-order valence-corrected chi connectivity index (χ2v) is 7.96. The van der Waals surface area contributed by atoms with Gasteiger partial charge in [0.05, 0.1) is 26.5 Å². The van der Waals surface area contributed by atoms with Gasteiger partial charge in [-0.25, -0.2) is 0 Å². The number of benzene rings is 3. The molecule has 0 N–H and O–H groups in total. The standard InChI is InChI=1S/C20H12Br2ClNO5/c1-28-19-12(10-25)6-15(9-16(19)11-2-4-13(23)5-3-11)29-20-17(21)7-14(24(26)27)8-18(20)22/h2-10H,1H3. The van der Waals surface area contributed by atoms with Crippen LogP contribution in [0.4, 0.5) is 5.69 Å². The number of nitrogens with zero attached hydrogens (tertiary/aromatic N) is 1. The number of hydrogen-bond acceptors (Lipinski definition) is 5. The SMILES string of the molecule is COc1c(C=O)cc(Oc2c(Br)cc([N+](=O)[O-])cc2Br)cc1-c1ccc(Cl)cc1. The summed E-state index contributed by atoms with van der Waals surface area (Å²) in [5, 5.41) is 11.6. The first-order valence-electron chi connectivity index (χ1n) is 8.08. The van der Waals surface area contributed by atoms with Crippen molar-refractivity contribution in [3.05, 3.63) is 78.2 Å². The number of aldehydes is 1. The smallest absolute Gasteiger partial charge is 0.271 e. The lowest BCUT2D eigenvalue weighted by Crippen LogP contribution is -1.97. The van der Waals surface area contributed by atoms with Crippen molar-refractivity contribution < 1.29 is 19.2 Å². The molecule has 3 rings (SSSR count). The van der Waals surface area contributed by atoms with Crippen LogP contribution in [0.5, 0.6) is 17.2 Å². The number of ether oxygens (including phenoxy) is 2. The molecule has 0 aliphatic rings. The van der Waals surface area contributed by atoms with Gasteiger partial charge in [0.25, 0.3) is 5.69 Å². The van der Waals surface area contributed by atoms with Crippen molar-refractivity contribution in [3.8, 4) is 28.4 Å². The van der Waals surface area contributed by atoms with E-state index in [2.05, 4.69) is 31.9 Å². The van der Waals surface area contributed by atoms with Crippen molar-refractivity contribution >= 4 is 55.4 Å². The van der Waals surface area contributed by atoms with E-state index in [0.29, 0.717) is 48.6 Å². The number of nitro groups is 1. The topological polar surface area (TPSA) is 78.7 Å². The van der Waals surface area contributed by atoms with Crippen LogP contribution >= 0.6 is 43.5 Å². The Morgan fingerprint density at radius 1 is 1.03 bits per heavy atom. The molecule has 0 heterocycles. The molecule has 3 aromatic rings. The van der Waals surface area contributed by atoms with Gasteiger partial charge < -0.3 is 9.47 Å². The van der Waals surface area contributed by atoms with Gasteiger partial charge in [-0.05, 0) is 61.7 Å². The zero-order chi connectivity index (χ0) is 21.1. The first kappa shape index (κ1) is 21.3. The lowest BCUT2D eigenvalue weighted by atomic mass is 10.0. The van der Waals surface area contributed by atoms with Crippen molar-refractivity contribution in [2.75, 3.05) is 7.11 Å². The molecule has 0 bridgehead atoms. The Labute approximate surface area is 187 Å². The fourth-order valence-electron chi connectivity index (χ4n) is 2.71. The largest absolute Gasteiger partial charge is 0.495 e. The summed E-state index contributed by atoms with van der Waals surface area (Å²) in [5.41, 5.74) is 1.62. The van der Waals surface area contributed by atoms with E-state index in [4.69, 9.17) is 21.1 Å². The maximum atomic E-state index is 11.6. The normalized spacial score (nSPS) is 10.5. The predicted octanol–water partition coefficient (Wildman–Crippen LogP) is 7.05. The van der Waals surface area contributed by atoms with Crippen LogP contribution in [-0.4, -0.2) is 18.3 Å². The number of carbonyl (C=O) groups is 1. The van der Waals surface area contributed by atoms with Crippen molar-refractivity contribution in [1.29, 1.82) is 0 Å². The molecule has 0 fully saturated rings. The molecule has 0 unspecified atom stereocenters. The fourth-order valence-corrected chi connectivity index (χ4v) is 4.16. The van der Waals surface area contributed by atoms with Gasteiger partial charge in [-0.3, -0.25) is 14.9 Å². The van der Waals surface area contributed by atoms with E-state index in [1.54, 1.807) is 30.3 Å². The predicted molar refractivity (Wildman–Crippen MR) is 117 cm³/mol. The third kappa shape index (κ3) is 4.60. The maximum absolute atomic E-state index is 11.6. The van der Waals surface area contributed by atoms with Gasteiger partial charge in [-0.15, -0.1) is 0 Å². The van der Waals surface area contributed by atoms with Crippen LogP contribution in [0.2, 0.25) is 5.02 Å². The summed E-state index contributed by atoms with van der Waals surface area (Å²) in [6, 6.07) is 13.0. The second kappa shape index (κ2) is 8.94. The Morgan fingerprint density at radius 3 is 2.17 bits per heavy atom. The van der Waals surface area contributed by atoms with E-state index in [9.17, 15) is 14.9 Å². The summed E-state index contributed by atoms with van der Waals surface area (Å²) in [5.74, 6) is 1.09. The van der Waals surface area contributed by atoms with Gasteiger partial charge in [0, 0.05) is 22.7 Å².